The average molecular weight is 376 g/mol. The summed E-state index contributed by atoms with van der Waals surface area (Å²) in [6.45, 7) is 3.12. The molecule has 2 aliphatic rings. The van der Waals surface area contributed by atoms with Crippen molar-refractivity contribution < 1.29 is 19.0 Å². The highest BCUT2D eigenvalue weighted by molar-refractivity contribution is 7.13. The maximum atomic E-state index is 11.6. The van der Waals surface area contributed by atoms with Gasteiger partial charge in [0.05, 0.1) is 29.8 Å². The molecule has 0 aliphatic carbocycles. The molecular weight excluding hydrogens is 356 g/mol. The van der Waals surface area contributed by atoms with E-state index >= 15 is 0 Å². The van der Waals surface area contributed by atoms with Crippen molar-refractivity contribution >= 4 is 23.4 Å². The Hall–Kier alpha value is -2.23. The molecule has 0 bridgehead atoms. The molecule has 0 spiro atoms. The zero-order valence-electron chi connectivity index (χ0n) is 14.3. The molecule has 2 saturated heterocycles. The largest absolute Gasteiger partial charge is 0.441 e. The Kier molecular flexibility index (Phi) is 5.00. The number of nitrogens with zero attached hydrogens (tertiary/aromatic N) is 2. The van der Waals surface area contributed by atoms with Crippen molar-refractivity contribution in [2.75, 3.05) is 25.1 Å². The first-order valence-electron chi connectivity index (χ1n) is 8.55. The molecule has 8 nitrogen and oxygen atoms in total. The number of alkyl carbamates (subject to hydrolysis) is 1. The minimum absolute atomic E-state index is 0.0959. The van der Waals surface area contributed by atoms with Crippen LogP contribution in [0.15, 0.2) is 29.8 Å². The summed E-state index contributed by atoms with van der Waals surface area (Å²) in [6, 6.07) is 5.80. The highest BCUT2D eigenvalue weighted by atomic mass is 32.1. The van der Waals surface area contributed by atoms with E-state index in [0.29, 0.717) is 25.7 Å². The number of thiophene rings is 1. The summed E-state index contributed by atoms with van der Waals surface area (Å²) in [5.41, 5.74) is 0.873. The van der Waals surface area contributed by atoms with Crippen molar-refractivity contribution in [3.63, 3.8) is 0 Å². The number of carbonyl (C=O) groups excluding carboxylic acids is 1. The van der Waals surface area contributed by atoms with Crippen molar-refractivity contribution in [3.8, 4) is 10.6 Å². The first-order valence-corrected chi connectivity index (χ1v) is 9.43. The van der Waals surface area contributed by atoms with Crippen LogP contribution in [0.3, 0.4) is 0 Å². The van der Waals surface area contributed by atoms with Crippen LogP contribution in [-0.4, -0.2) is 60.2 Å². The van der Waals surface area contributed by atoms with Gasteiger partial charge in [-0.2, -0.15) is 0 Å². The maximum absolute atomic E-state index is 11.6. The van der Waals surface area contributed by atoms with Gasteiger partial charge in [0, 0.05) is 12.7 Å². The van der Waals surface area contributed by atoms with E-state index in [1.54, 1.807) is 17.5 Å². The first kappa shape index (κ1) is 17.2. The lowest BCUT2D eigenvalue weighted by Gasteiger charge is -2.18. The van der Waals surface area contributed by atoms with E-state index in [1.807, 2.05) is 30.5 Å². The summed E-state index contributed by atoms with van der Waals surface area (Å²) in [4.78, 5) is 21.6. The van der Waals surface area contributed by atoms with Crippen LogP contribution in [0.1, 0.15) is 6.92 Å². The standard InChI is InChI=1S/C17H20N4O4S/c1-2-18-17(22)25-12-9-24-14-11(8-23-15(12)14)21-16-19-6-5-10(20-16)13-4-3-7-26-13/h3-7,11-12,14-15H,2,8-9H2,1H3,(H,18,22)(H,19,20,21). The zero-order valence-corrected chi connectivity index (χ0v) is 15.1. The smallest absolute Gasteiger partial charge is 0.407 e. The third-order valence-corrected chi connectivity index (χ3v) is 5.22. The molecule has 2 fully saturated rings. The van der Waals surface area contributed by atoms with Crippen molar-refractivity contribution in [1.82, 2.24) is 15.3 Å². The Morgan fingerprint density at radius 2 is 2.23 bits per heavy atom. The van der Waals surface area contributed by atoms with Gasteiger partial charge in [-0.15, -0.1) is 11.3 Å². The summed E-state index contributed by atoms with van der Waals surface area (Å²) < 4.78 is 17.0. The lowest BCUT2D eigenvalue weighted by Crippen LogP contribution is -2.39. The number of hydrogen-bond acceptors (Lipinski definition) is 8. The summed E-state index contributed by atoms with van der Waals surface area (Å²) in [5.74, 6) is 0.529. The topological polar surface area (TPSA) is 94.6 Å². The van der Waals surface area contributed by atoms with Crippen LogP contribution in [0.4, 0.5) is 10.7 Å². The van der Waals surface area contributed by atoms with Crippen molar-refractivity contribution in [2.45, 2.75) is 31.3 Å². The molecule has 2 aromatic heterocycles. The van der Waals surface area contributed by atoms with Gasteiger partial charge >= 0.3 is 6.09 Å². The fourth-order valence-corrected chi connectivity index (χ4v) is 3.86. The molecule has 4 atom stereocenters. The molecule has 26 heavy (non-hydrogen) atoms. The Labute approximate surface area is 154 Å². The molecule has 0 aromatic carbocycles. The Bertz CT molecular complexity index is 757. The van der Waals surface area contributed by atoms with Gasteiger partial charge in [-0.05, 0) is 24.4 Å². The highest BCUT2D eigenvalue weighted by Crippen LogP contribution is 2.30. The lowest BCUT2D eigenvalue weighted by atomic mass is 10.1. The molecule has 4 rings (SSSR count). The number of amides is 1. The van der Waals surface area contributed by atoms with Gasteiger partial charge in [0.1, 0.15) is 12.2 Å². The fourth-order valence-electron chi connectivity index (χ4n) is 3.17. The lowest BCUT2D eigenvalue weighted by molar-refractivity contribution is 0.00462. The molecule has 2 aliphatic heterocycles. The summed E-state index contributed by atoms with van der Waals surface area (Å²) in [5, 5.41) is 7.92. The third kappa shape index (κ3) is 3.50. The Morgan fingerprint density at radius 1 is 1.35 bits per heavy atom. The van der Waals surface area contributed by atoms with Crippen LogP contribution in [0.25, 0.3) is 10.6 Å². The minimum Gasteiger partial charge on any atom is -0.441 e. The van der Waals surface area contributed by atoms with Crippen LogP contribution in [0, 0.1) is 0 Å². The number of ether oxygens (including phenoxy) is 3. The second-order valence-corrected chi connectivity index (χ2v) is 7.01. The predicted octanol–water partition coefficient (Wildman–Crippen LogP) is 1.90. The fraction of sp³-hybridized carbons (Fsp3) is 0.471. The van der Waals surface area contributed by atoms with Crippen LogP contribution >= 0.6 is 11.3 Å². The van der Waals surface area contributed by atoms with E-state index in [4.69, 9.17) is 14.2 Å². The van der Waals surface area contributed by atoms with Crippen LogP contribution in [0.2, 0.25) is 0 Å². The van der Waals surface area contributed by atoms with Crippen LogP contribution in [-0.2, 0) is 14.2 Å². The number of fused-ring (bicyclic) bond motifs is 1. The summed E-state index contributed by atoms with van der Waals surface area (Å²) in [6.07, 6.45) is 0.387. The molecule has 1 amide bonds. The van der Waals surface area contributed by atoms with E-state index in [1.165, 1.54) is 0 Å². The predicted molar refractivity (Wildman–Crippen MR) is 96.2 cm³/mol. The molecule has 0 saturated carbocycles. The van der Waals surface area contributed by atoms with Gasteiger partial charge in [0.2, 0.25) is 5.95 Å². The van der Waals surface area contributed by atoms with E-state index in [2.05, 4.69) is 20.6 Å². The molecule has 2 aromatic rings. The zero-order chi connectivity index (χ0) is 17.9. The summed E-state index contributed by atoms with van der Waals surface area (Å²) in [7, 11) is 0. The average Bonchev–Trinajstić information content (AvgIpc) is 3.36. The molecule has 138 valence electrons. The van der Waals surface area contributed by atoms with Gasteiger partial charge < -0.3 is 24.8 Å². The number of nitrogens with one attached hydrogen (secondary N) is 2. The van der Waals surface area contributed by atoms with E-state index in [9.17, 15) is 4.79 Å². The van der Waals surface area contributed by atoms with Crippen LogP contribution < -0.4 is 10.6 Å². The second-order valence-electron chi connectivity index (χ2n) is 6.06. The summed E-state index contributed by atoms with van der Waals surface area (Å²) >= 11 is 1.63. The SMILES string of the molecule is CCNC(=O)OC1COC2C(Nc3nccc(-c4cccs4)n3)COC12. The Morgan fingerprint density at radius 3 is 3.04 bits per heavy atom. The van der Waals surface area contributed by atoms with E-state index in [0.717, 1.165) is 10.6 Å². The van der Waals surface area contributed by atoms with Crippen molar-refractivity contribution in [2.24, 2.45) is 0 Å². The molecule has 0 radical (unpaired) electrons. The molecule has 2 N–H and O–H groups in total. The molecule has 4 heterocycles. The van der Waals surface area contributed by atoms with Gasteiger partial charge in [-0.3, -0.25) is 0 Å². The molecular formula is C17H20N4O4S. The van der Waals surface area contributed by atoms with Crippen molar-refractivity contribution in [3.05, 3.63) is 29.8 Å². The maximum Gasteiger partial charge on any atom is 0.407 e. The van der Waals surface area contributed by atoms with E-state index in [-0.39, 0.29) is 18.2 Å². The third-order valence-electron chi connectivity index (χ3n) is 4.33. The van der Waals surface area contributed by atoms with Gasteiger partial charge in [-0.1, -0.05) is 6.07 Å². The highest BCUT2D eigenvalue weighted by Gasteiger charge is 2.49. The van der Waals surface area contributed by atoms with Crippen molar-refractivity contribution in [1.29, 1.82) is 0 Å². The molecule has 9 heteroatoms. The number of anilines is 1. The monoisotopic (exact) mass is 376 g/mol. The van der Waals surface area contributed by atoms with Gasteiger partial charge in [-0.25, -0.2) is 14.8 Å². The van der Waals surface area contributed by atoms with Gasteiger partial charge in [0.15, 0.2) is 6.10 Å². The van der Waals surface area contributed by atoms with Crippen LogP contribution in [0.5, 0.6) is 0 Å². The first-order chi connectivity index (χ1) is 12.7. The number of hydrogen-bond donors (Lipinski definition) is 2. The molecule has 4 unspecified atom stereocenters. The number of rotatable bonds is 5. The number of carbonyl (C=O) groups is 1. The quantitative estimate of drug-likeness (QED) is 0.823. The normalized spacial score (nSPS) is 27.1. The second kappa shape index (κ2) is 7.56. The van der Waals surface area contributed by atoms with Gasteiger partial charge in [0.25, 0.3) is 0 Å². The minimum atomic E-state index is -0.450. The Balaban J connectivity index is 1.40. The number of aromatic nitrogens is 2. The van der Waals surface area contributed by atoms with E-state index < -0.39 is 12.2 Å².